The van der Waals surface area contributed by atoms with Crippen LogP contribution >= 0.6 is 0 Å². The molecular formula is C18H30N2O. The van der Waals surface area contributed by atoms with Gasteiger partial charge >= 0.3 is 0 Å². The Morgan fingerprint density at radius 1 is 1.24 bits per heavy atom. The van der Waals surface area contributed by atoms with Crippen LogP contribution in [0.15, 0.2) is 24.3 Å². The Morgan fingerprint density at radius 2 is 1.95 bits per heavy atom. The molecule has 1 aromatic carbocycles. The van der Waals surface area contributed by atoms with Gasteiger partial charge in [0.05, 0.1) is 7.11 Å². The van der Waals surface area contributed by atoms with Gasteiger partial charge in [-0.3, -0.25) is 4.90 Å². The lowest BCUT2D eigenvalue weighted by Crippen LogP contribution is -2.58. The zero-order valence-corrected chi connectivity index (χ0v) is 13.9. The number of ether oxygens (including phenoxy) is 1. The summed E-state index contributed by atoms with van der Waals surface area (Å²) in [5, 5.41) is 3.68. The van der Waals surface area contributed by atoms with Gasteiger partial charge in [-0.15, -0.1) is 0 Å². The van der Waals surface area contributed by atoms with E-state index < -0.39 is 0 Å². The molecule has 118 valence electrons. The Morgan fingerprint density at radius 3 is 2.52 bits per heavy atom. The molecule has 1 fully saturated rings. The maximum atomic E-state index is 5.23. The van der Waals surface area contributed by atoms with Gasteiger partial charge in [0.1, 0.15) is 5.75 Å². The molecule has 0 saturated carbocycles. The van der Waals surface area contributed by atoms with Crippen LogP contribution in [0.2, 0.25) is 0 Å². The third-order valence-electron chi connectivity index (χ3n) is 4.76. The first-order valence-electron chi connectivity index (χ1n) is 8.29. The second-order valence-electron chi connectivity index (χ2n) is 6.17. The molecule has 3 unspecified atom stereocenters. The summed E-state index contributed by atoms with van der Waals surface area (Å²) < 4.78 is 5.23. The molecule has 0 spiro atoms. The first-order valence-corrected chi connectivity index (χ1v) is 8.29. The van der Waals surface area contributed by atoms with E-state index in [1.807, 2.05) is 0 Å². The minimum absolute atomic E-state index is 0.583. The highest BCUT2D eigenvalue weighted by atomic mass is 16.5. The summed E-state index contributed by atoms with van der Waals surface area (Å²) in [5.41, 5.74) is 1.39. The molecule has 1 N–H and O–H groups in total. The van der Waals surface area contributed by atoms with Crippen LogP contribution < -0.4 is 10.1 Å². The summed E-state index contributed by atoms with van der Waals surface area (Å²) >= 11 is 0. The third kappa shape index (κ3) is 4.21. The van der Waals surface area contributed by atoms with Crippen molar-refractivity contribution in [1.29, 1.82) is 0 Å². The van der Waals surface area contributed by atoms with E-state index in [-0.39, 0.29) is 0 Å². The molecule has 1 saturated heterocycles. The van der Waals surface area contributed by atoms with Crippen molar-refractivity contribution >= 4 is 0 Å². The summed E-state index contributed by atoms with van der Waals surface area (Å²) in [5.74, 6) is 0.936. The molecule has 3 atom stereocenters. The van der Waals surface area contributed by atoms with Crippen molar-refractivity contribution < 1.29 is 4.74 Å². The normalized spacial score (nSPS) is 24.8. The minimum atomic E-state index is 0.583. The summed E-state index contributed by atoms with van der Waals surface area (Å²) in [6, 6.07) is 10.4. The summed E-state index contributed by atoms with van der Waals surface area (Å²) in [6.45, 7) is 9.24. The average molecular weight is 290 g/mol. The van der Waals surface area contributed by atoms with Gasteiger partial charge in [-0.2, -0.15) is 0 Å². The lowest BCUT2D eigenvalue weighted by Gasteiger charge is -2.43. The zero-order chi connectivity index (χ0) is 15.2. The summed E-state index contributed by atoms with van der Waals surface area (Å²) in [7, 11) is 1.72. The number of piperazine rings is 1. The van der Waals surface area contributed by atoms with E-state index >= 15 is 0 Å². The third-order valence-corrected chi connectivity index (χ3v) is 4.76. The van der Waals surface area contributed by atoms with Crippen molar-refractivity contribution in [3.8, 4) is 5.75 Å². The fraction of sp³-hybridized carbons (Fsp3) is 0.667. The largest absolute Gasteiger partial charge is 0.497 e. The second kappa shape index (κ2) is 7.81. The highest BCUT2D eigenvalue weighted by molar-refractivity contribution is 5.27. The molecule has 0 amide bonds. The lowest BCUT2D eigenvalue weighted by atomic mass is 9.99. The molecule has 1 aliphatic rings. The molecule has 3 heteroatoms. The van der Waals surface area contributed by atoms with Crippen molar-refractivity contribution in [2.75, 3.05) is 20.2 Å². The number of nitrogens with one attached hydrogen (secondary N) is 1. The number of benzene rings is 1. The van der Waals surface area contributed by atoms with Crippen molar-refractivity contribution in [1.82, 2.24) is 10.2 Å². The summed E-state index contributed by atoms with van der Waals surface area (Å²) in [4.78, 5) is 2.70. The predicted molar refractivity (Wildman–Crippen MR) is 89.0 cm³/mol. The van der Waals surface area contributed by atoms with Crippen LogP contribution in [-0.2, 0) is 6.42 Å². The fourth-order valence-corrected chi connectivity index (χ4v) is 3.30. The van der Waals surface area contributed by atoms with Crippen LogP contribution in [0.4, 0.5) is 0 Å². The molecule has 0 radical (unpaired) electrons. The molecule has 21 heavy (non-hydrogen) atoms. The maximum Gasteiger partial charge on any atom is 0.118 e. The number of methoxy groups -OCH3 is 1. The van der Waals surface area contributed by atoms with Crippen molar-refractivity contribution in [3.63, 3.8) is 0 Å². The van der Waals surface area contributed by atoms with Crippen LogP contribution in [0.5, 0.6) is 5.75 Å². The van der Waals surface area contributed by atoms with Crippen molar-refractivity contribution in [2.45, 2.75) is 58.2 Å². The van der Waals surface area contributed by atoms with E-state index in [1.165, 1.54) is 24.9 Å². The molecule has 0 aromatic heterocycles. The highest BCUT2D eigenvalue weighted by Crippen LogP contribution is 2.19. The minimum Gasteiger partial charge on any atom is -0.497 e. The molecule has 2 rings (SSSR count). The van der Waals surface area contributed by atoms with Crippen LogP contribution in [0.25, 0.3) is 0 Å². The fourth-order valence-electron chi connectivity index (χ4n) is 3.30. The van der Waals surface area contributed by atoms with Crippen LogP contribution in [0.1, 0.15) is 39.2 Å². The van der Waals surface area contributed by atoms with Crippen molar-refractivity contribution in [2.24, 2.45) is 0 Å². The zero-order valence-electron chi connectivity index (χ0n) is 13.9. The maximum absolute atomic E-state index is 5.23. The molecular weight excluding hydrogens is 260 g/mol. The standard InChI is InChI=1S/C18H30N2O/c1-5-16-13-20(17(6-2)12-19-16)14(3)11-15-7-9-18(21-4)10-8-15/h7-10,14,16-17,19H,5-6,11-13H2,1-4H3. The first kappa shape index (κ1) is 16.3. The van der Waals surface area contributed by atoms with E-state index in [1.54, 1.807) is 7.11 Å². The van der Waals surface area contributed by atoms with Gasteiger partial charge in [-0.25, -0.2) is 0 Å². The Hall–Kier alpha value is -1.06. The first-order chi connectivity index (χ1) is 10.2. The Bertz CT molecular complexity index is 418. The van der Waals surface area contributed by atoms with E-state index in [2.05, 4.69) is 55.3 Å². The Kier molecular flexibility index (Phi) is 6.07. The van der Waals surface area contributed by atoms with E-state index in [4.69, 9.17) is 4.74 Å². The number of hydrogen-bond donors (Lipinski definition) is 1. The number of rotatable bonds is 6. The highest BCUT2D eigenvalue weighted by Gasteiger charge is 2.29. The lowest BCUT2D eigenvalue weighted by molar-refractivity contribution is 0.0851. The smallest absolute Gasteiger partial charge is 0.118 e. The quantitative estimate of drug-likeness (QED) is 0.871. The molecule has 0 aliphatic carbocycles. The van der Waals surface area contributed by atoms with Crippen LogP contribution in [-0.4, -0.2) is 43.2 Å². The molecule has 3 nitrogen and oxygen atoms in total. The second-order valence-corrected chi connectivity index (χ2v) is 6.17. The topological polar surface area (TPSA) is 24.5 Å². The van der Waals surface area contributed by atoms with E-state index in [0.717, 1.165) is 18.7 Å². The molecule has 1 aliphatic heterocycles. The SMILES string of the molecule is CCC1CN(C(C)Cc2ccc(OC)cc2)C(CC)CN1. The van der Waals surface area contributed by atoms with Crippen molar-refractivity contribution in [3.05, 3.63) is 29.8 Å². The van der Waals surface area contributed by atoms with Gasteiger partial charge < -0.3 is 10.1 Å². The van der Waals surface area contributed by atoms with Crippen LogP contribution in [0.3, 0.4) is 0 Å². The molecule has 1 aromatic rings. The Balaban J connectivity index is 2.00. The van der Waals surface area contributed by atoms with Gasteiger partial charge in [0.15, 0.2) is 0 Å². The predicted octanol–water partition coefficient (Wildman–Crippen LogP) is 3.09. The van der Waals surface area contributed by atoms with Gasteiger partial charge in [0, 0.05) is 31.2 Å². The summed E-state index contributed by atoms with van der Waals surface area (Å²) in [6.07, 6.45) is 3.54. The Labute approximate surface area is 129 Å². The molecule has 1 heterocycles. The average Bonchev–Trinajstić information content (AvgIpc) is 2.54. The van der Waals surface area contributed by atoms with Gasteiger partial charge in [-0.1, -0.05) is 26.0 Å². The van der Waals surface area contributed by atoms with E-state index in [9.17, 15) is 0 Å². The van der Waals surface area contributed by atoms with Gasteiger partial charge in [0.2, 0.25) is 0 Å². The van der Waals surface area contributed by atoms with E-state index in [0.29, 0.717) is 18.1 Å². The van der Waals surface area contributed by atoms with Gasteiger partial charge in [-0.05, 0) is 43.9 Å². The number of nitrogens with zero attached hydrogens (tertiary/aromatic N) is 1. The number of hydrogen-bond acceptors (Lipinski definition) is 3. The van der Waals surface area contributed by atoms with Crippen LogP contribution in [0, 0.1) is 0 Å². The monoisotopic (exact) mass is 290 g/mol. The molecule has 0 bridgehead atoms. The van der Waals surface area contributed by atoms with Gasteiger partial charge in [0.25, 0.3) is 0 Å².